The predicted molar refractivity (Wildman–Crippen MR) is 81.2 cm³/mol. The minimum atomic E-state index is -3.45. The number of aryl methyl sites for hydroxylation is 1. The van der Waals surface area contributed by atoms with Crippen LogP contribution in [0.3, 0.4) is 0 Å². The van der Waals surface area contributed by atoms with E-state index in [9.17, 15) is 8.42 Å². The molecule has 1 N–H and O–H groups in total. The number of hydrogen-bond donors (Lipinski definition) is 1. The number of sulfonamides is 1. The summed E-state index contributed by atoms with van der Waals surface area (Å²) in [5.41, 5.74) is 1.90. The van der Waals surface area contributed by atoms with Crippen molar-refractivity contribution in [3.05, 3.63) is 47.8 Å². The van der Waals surface area contributed by atoms with Crippen LogP contribution in [-0.2, 0) is 28.8 Å². The van der Waals surface area contributed by atoms with Gasteiger partial charge in [0.25, 0.3) is 0 Å². The van der Waals surface area contributed by atoms with Crippen LogP contribution >= 0.6 is 15.9 Å². The summed E-state index contributed by atoms with van der Waals surface area (Å²) in [6, 6.07) is 8.68. The molecule has 108 valence electrons. The number of nitrogens with one attached hydrogen (secondary N) is 1. The van der Waals surface area contributed by atoms with Gasteiger partial charge in [0, 0.05) is 31.5 Å². The highest BCUT2D eigenvalue weighted by atomic mass is 79.9. The highest BCUT2D eigenvalue weighted by Gasteiger charge is 2.13. The molecule has 5 nitrogen and oxygen atoms in total. The molecule has 0 fully saturated rings. The molecule has 2 rings (SSSR count). The van der Waals surface area contributed by atoms with Crippen molar-refractivity contribution in [2.75, 3.05) is 6.54 Å². The van der Waals surface area contributed by atoms with Crippen LogP contribution in [-0.4, -0.2) is 24.7 Å². The molecular weight excluding hydrogens is 342 g/mol. The lowest BCUT2D eigenvalue weighted by atomic mass is 10.2. The Hall–Kier alpha value is -1.18. The maximum atomic E-state index is 12.1. The third kappa shape index (κ3) is 3.91. The second-order valence-corrected chi connectivity index (χ2v) is 6.73. The van der Waals surface area contributed by atoms with Crippen LogP contribution < -0.4 is 4.72 Å². The number of halogens is 1. The summed E-state index contributed by atoms with van der Waals surface area (Å²) >= 11 is 3.33. The highest BCUT2D eigenvalue weighted by Crippen LogP contribution is 2.12. The molecule has 0 aliphatic carbocycles. The van der Waals surface area contributed by atoms with Crippen LogP contribution in [0.4, 0.5) is 0 Å². The van der Waals surface area contributed by atoms with Gasteiger partial charge in [0.05, 0.1) is 10.6 Å². The molecule has 0 aliphatic heterocycles. The zero-order chi connectivity index (χ0) is 14.6. The van der Waals surface area contributed by atoms with Gasteiger partial charge in [-0.3, -0.25) is 4.68 Å². The average Bonchev–Trinajstić information content (AvgIpc) is 2.84. The predicted octanol–water partition coefficient (Wildman–Crippen LogP) is 1.84. The number of aromatic nitrogens is 2. The Labute approximate surface area is 127 Å². The molecule has 7 heteroatoms. The first kappa shape index (κ1) is 15.2. The fourth-order valence-electron chi connectivity index (χ4n) is 1.75. The Kier molecular flexibility index (Phi) is 4.95. The quantitative estimate of drug-likeness (QED) is 0.802. The van der Waals surface area contributed by atoms with Gasteiger partial charge in [0.15, 0.2) is 0 Å². The van der Waals surface area contributed by atoms with Crippen molar-refractivity contribution in [1.29, 1.82) is 0 Å². The van der Waals surface area contributed by atoms with E-state index in [0.29, 0.717) is 18.3 Å². The molecule has 0 saturated carbocycles. The van der Waals surface area contributed by atoms with Gasteiger partial charge in [-0.25, -0.2) is 13.1 Å². The normalized spacial score (nSPS) is 11.7. The lowest BCUT2D eigenvalue weighted by Gasteiger charge is -2.06. The second-order valence-electron chi connectivity index (χ2n) is 4.41. The standard InChI is InChI=1S/C13H16BrN3O2S/c1-17-9-7-12(16-17)6-8-15-20(18,19)13-4-2-11(10-14)3-5-13/h2-5,7,9,15H,6,8,10H2,1H3. The monoisotopic (exact) mass is 357 g/mol. The summed E-state index contributed by atoms with van der Waals surface area (Å²) < 4.78 is 28.4. The molecule has 20 heavy (non-hydrogen) atoms. The number of benzene rings is 1. The van der Waals surface area contributed by atoms with E-state index in [2.05, 4.69) is 25.8 Å². The molecule has 0 spiro atoms. The minimum Gasteiger partial charge on any atom is -0.276 e. The van der Waals surface area contributed by atoms with Crippen LogP contribution in [0.5, 0.6) is 0 Å². The summed E-state index contributed by atoms with van der Waals surface area (Å²) in [7, 11) is -1.62. The van der Waals surface area contributed by atoms with Gasteiger partial charge < -0.3 is 0 Å². The number of alkyl halides is 1. The molecule has 1 aromatic carbocycles. The molecule has 0 saturated heterocycles. The summed E-state index contributed by atoms with van der Waals surface area (Å²) in [5.74, 6) is 0. The van der Waals surface area contributed by atoms with E-state index in [4.69, 9.17) is 0 Å². The van der Waals surface area contributed by atoms with Crippen LogP contribution in [0.2, 0.25) is 0 Å². The zero-order valence-electron chi connectivity index (χ0n) is 11.1. The first-order valence-electron chi connectivity index (χ1n) is 6.14. The Balaban J connectivity index is 1.96. The number of nitrogens with zero attached hydrogens (tertiary/aromatic N) is 2. The SMILES string of the molecule is Cn1ccc(CCNS(=O)(=O)c2ccc(CBr)cc2)n1. The first-order chi connectivity index (χ1) is 9.51. The summed E-state index contributed by atoms with van der Waals surface area (Å²) in [6.45, 7) is 0.333. The van der Waals surface area contributed by atoms with Gasteiger partial charge in [-0.1, -0.05) is 28.1 Å². The molecule has 0 unspecified atom stereocenters. The third-order valence-corrected chi connectivity index (χ3v) is 4.95. The molecule has 0 bridgehead atoms. The van der Waals surface area contributed by atoms with Gasteiger partial charge in [-0.15, -0.1) is 0 Å². The van der Waals surface area contributed by atoms with Crippen LogP contribution in [0, 0.1) is 0 Å². The van der Waals surface area contributed by atoms with Gasteiger partial charge in [0.2, 0.25) is 10.0 Å². The average molecular weight is 358 g/mol. The Morgan fingerprint density at radius 3 is 2.50 bits per heavy atom. The van der Waals surface area contributed by atoms with E-state index in [1.54, 1.807) is 28.9 Å². The third-order valence-electron chi connectivity index (χ3n) is 2.83. The van der Waals surface area contributed by atoms with E-state index in [-0.39, 0.29) is 4.90 Å². The van der Waals surface area contributed by atoms with Gasteiger partial charge in [0.1, 0.15) is 0 Å². The van der Waals surface area contributed by atoms with Crippen molar-refractivity contribution < 1.29 is 8.42 Å². The Bertz CT molecular complexity index is 665. The van der Waals surface area contributed by atoms with Gasteiger partial charge >= 0.3 is 0 Å². The molecule has 0 amide bonds. The Morgan fingerprint density at radius 2 is 1.95 bits per heavy atom. The maximum Gasteiger partial charge on any atom is 0.240 e. The van der Waals surface area contributed by atoms with Crippen LogP contribution in [0.1, 0.15) is 11.3 Å². The second kappa shape index (κ2) is 6.51. The van der Waals surface area contributed by atoms with E-state index in [1.807, 2.05) is 19.3 Å². The highest BCUT2D eigenvalue weighted by molar-refractivity contribution is 9.08. The number of hydrogen-bond acceptors (Lipinski definition) is 3. The summed E-state index contributed by atoms with van der Waals surface area (Å²) in [5, 5.41) is 4.91. The maximum absolute atomic E-state index is 12.1. The zero-order valence-corrected chi connectivity index (χ0v) is 13.5. The lowest BCUT2D eigenvalue weighted by molar-refractivity contribution is 0.581. The van der Waals surface area contributed by atoms with E-state index in [1.165, 1.54) is 0 Å². The van der Waals surface area contributed by atoms with Crippen LogP contribution in [0.15, 0.2) is 41.4 Å². The molecule has 2 aromatic rings. The smallest absolute Gasteiger partial charge is 0.240 e. The van der Waals surface area contributed by atoms with Crippen LogP contribution in [0.25, 0.3) is 0 Å². The molecule has 1 heterocycles. The van der Waals surface area contributed by atoms with Crippen molar-refractivity contribution in [2.24, 2.45) is 7.05 Å². The first-order valence-corrected chi connectivity index (χ1v) is 8.75. The molecule has 0 radical (unpaired) electrons. The van der Waals surface area contributed by atoms with E-state index in [0.717, 1.165) is 11.3 Å². The molecular formula is C13H16BrN3O2S. The van der Waals surface area contributed by atoms with Crippen molar-refractivity contribution in [1.82, 2.24) is 14.5 Å². The van der Waals surface area contributed by atoms with Gasteiger partial charge in [-0.05, 0) is 23.8 Å². The van der Waals surface area contributed by atoms with Crippen molar-refractivity contribution in [3.8, 4) is 0 Å². The lowest BCUT2D eigenvalue weighted by Crippen LogP contribution is -2.26. The fourth-order valence-corrected chi connectivity index (χ4v) is 3.16. The van der Waals surface area contributed by atoms with Crippen molar-refractivity contribution >= 4 is 26.0 Å². The summed E-state index contributed by atoms with van der Waals surface area (Å²) in [6.07, 6.45) is 2.41. The van der Waals surface area contributed by atoms with Crippen molar-refractivity contribution in [2.45, 2.75) is 16.6 Å². The van der Waals surface area contributed by atoms with E-state index >= 15 is 0 Å². The topological polar surface area (TPSA) is 64.0 Å². The number of rotatable bonds is 6. The van der Waals surface area contributed by atoms with E-state index < -0.39 is 10.0 Å². The van der Waals surface area contributed by atoms with Crippen molar-refractivity contribution in [3.63, 3.8) is 0 Å². The Morgan fingerprint density at radius 1 is 1.25 bits per heavy atom. The molecule has 1 aromatic heterocycles. The molecule has 0 aliphatic rings. The summed E-state index contributed by atoms with van der Waals surface area (Å²) in [4.78, 5) is 0.281. The largest absolute Gasteiger partial charge is 0.276 e. The minimum absolute atomic E-state index is 0.281. The molecule has 0 atom stereocenters. The fraction of sp³-hybridized carbons (Fsp3) is 0.308. The van der Waals surface area contributed by atoms with Gasteiger partial charge in [-0.2, -0.15) is 5.10 Å².